The quantitative estimate of drug-likeness (QED) is 0.243. The zero-order chi connectivity index (χ0) is 23.7. The number of rotatable bonds is 5. The van der Waals surface area contributed by atoms with Gasteiger partial charge in [0.15, 0.2) is 0 Å². The molecule has 0 unspecified atom stereocenters. The van der Waals surface area contributed by atoms with Gasteiger partial charge in [0.25, 0.3) is 11.6 Å². The number of amides is 1. The van der Waals surface area contributed by atoms with Crippen LogP contribution in [-0.2, 0) is 6.54 Å². The van der Waals surface area contributed by atoms with Crippen LogP contribution in [0.1, 0.15) is 27.7 Å². The fourth-order valence-electron chi connectivity index (χ4n) is 4.37. The summed E-state index contributed by atoms with van der Waals surface area (Å²) in [5.41, 5.74) is 3.41. The van der Waals surface area contributed by atoms with Crippen molar-refractivity contribution in [2.45, 2.75) is 12.7 Å². The van der Waals surface area contributed by atoms with Crippen LogP contribution in [0.2, 0.25) is 5.02 Å². The Balaban J connectivity index is 1.77. The van der Waals surface area contributed by atoms with Crippen molar-refractivity contribution in [3.8, 4) is 0 Å². The number of carbonyl (C=O) groups is 1. The third kappa shape index (κ3) is 3.89. The van der Waals surface area contributed by atoms with Gasteiger partial charge in [-0.15, -0.1) is 0 Å². The van der Waals surface area contributed by atoms with E-state index in [2.05, 4.69) is 4.90 Å². The van der Waals surface area contributed by atoms with Gasteiger partial charge in [-0.1, -0.05) is 72.3 Å². The Hall–Kier alpha value is -4.16. The summed E-state index contributed by atoms with van der Waals surface area (Å²) in [6, 6.07) is 31.0. The highest BCUT2D eigenvalue weighted by atomic mass is 35.5. The molecule has 168 valence electrons. The molecule has 5 rings (SSSR count). The van der Waals surface area contributed by atoms with E-state index in [0.29, 0.717) is 28.4 Å². The fraction of sp³-hybridized carbons (Fsp3) is 0.0741. The number of anilines is 2. The van der Waals surface area contributed by atoms with Crippen molar-refractivity contribution >= 4 is 34.6 Å². The molecule has 1 heterocycles. The minimum Gasteiger partial charge on any atom is -0.342 e. The normalized spacial score (nSPS) is 15.2. The molecule has 1 atom stereocenters. The third-order valence-corrected chi connectivity index (χ3v) is 6.25. The molecule has 0 saturated heterocycles. The van der Waals surface area contributed by atoms with Crippen molar-refractivity contribution in [1.82, 2.24) is 0 Å². The van der Waals surface area contributed by atoms with Gasteiger partial charge >= 0.3 is 0 Å². The Bertz CT molecular complexity index is 1360. The van der Waals surface area contributed by atoms with E-state index in [4.69, 9.17) is 11.6 Å². The Morgan fingerprint density at radius 2 is 1.50 bits per heavy atom. The summed E-state index contributed by atoms with van der Waals surface area (Å²) < 4.78 is 0. The first-order valence-corrected chi connectivity index (χ1v) is 11.1. The molecular weight excluding hydrogens is 450 g/mol. The van der Waals surface area contributed by atoms with Gasteiger partial charge in [-0.25, -0.2) is 0 Å². The molecule has 34 heavy (non-hydrogen) atoms. The second-order valence-corrected chi connectivity index (χ2v) is 8.39. The van der Waals surface area contributed by atoms with E-state index >= 15 is 0 Å². The average molecular weight is 470 g/mol. The van der Waals surface area contributed by atoms with Gasteiger partial charge < -0.3 is 4.90 Å². The minimum atomic E-state index is -0.697. The lowest BCUT2D eigenvalue weighted by Crippen LogP contribution is -2.49. The summed E-state index contributed by atoms with van der Waals surface area (Å²) in [4.78, 5) is 28.7. The van der Waals surface area contributed by atoms with Crippen LogP contribution in [0.25, 0.3) is 0 Å². The molecule has 1 aliphatic rings. The third-order valence-electron chi connectivity index (χ3n) is 5.90. The zero-order valence-corrected chi connectivity index (χ0v) is 18.8. The molecule has 0 radical (unpaired) electrons. The van der Waals surface area contributed by atoms with Gasteiger partial charge in [0, 0.05) is 35.0 Å². The van der Waals surface area contributed by atoms with Crippen LogP contribution in [0.4, 0.5) is 17.1 Å². The highest BCUT2D eigenvalue weighted by Crippen LogP contribution is 2.44. The zero-order valence-electron chi connectivity index (χ0n) is 18.0. The van der Waals surface area contributed by atoms with Gasteiger partial charge in [-0.05, 0) is 35.9 Å². The molecule has 4 aromatic rings. The lowest BCUT2D eigenvalue weighted by atomic mass is 9.98. The molecule has 0 aliphatic carbocycles. The number of non-ortho nitro benzene ring substituents is 1. The number of para-hydroxylation sites is 2. The van der Waals surface area contributed by atoms with E-state index < -0.39 is 11.1 Å². The number of nitro benzene ring substituents is 1. The van der Waals surface area contributed by atoms with Crippen LogP contribution < -0.4 is 9.80 Å². The predicted octanol–water partition coefficient (Wildman–Crippen LogP) is 6.61. The molecule has 0 bridgehead atoms. The molecule has 0 saturated carbocycles. The van der Waals surface area contributed by atoms with Crippen molar-refractivity contribution in [2.75, 3.05) is 9.80 Å². The molecule has 0 fully saturated rings. The van der Waals surface area contributed by atoms with Crippen LogP contribution in [0.3, 0.4) is 0 Å². The smallest absolute Gasteiger partial charge is 0.269 e. The van der Waals surface area contributed by atoms with Gasteiger partial charge in [0.2, 0.25) is 0 Å². The monoisotopic (exact) mass is 469 g/mol. The number of hydrogen-bond acceptors (Lipinski definition) is 4. The molecule has 6 nitrogen and oxygen atoms in total. The van der Waals surface area contributed by atoms with Gasteiger partial charge in [0.05, 0.1) is 16.2 Å². The first-order valence-electron chi connectivity index (χ1n) is 10.8. The lowest BCUT2D eigenvalue weighted by molar-refractivity contribution is -0.384. The standard InChI is InChI=1S/C27H20ClN3O3/c28-24-16-15-21(31(33)34)17-23(24)26-29(18-19-9-3-1-4-10-19)25-14-8-7-13-22(25)27(32)30(26)20-11-5-2-6-12-20/h1-17,26H,18H2/t26-/m0/s1. The van der Waals surface area contributed by atoms with Crippen LogP contribution in [0.15, 0.2) is 103 Å². The van der Waals surface area contributed by atoms with E-state index in [-0.39, 0.29) is 11.6 Å². The number of nitro groups is 1. The molecule has 4 aromatic carbocycles. The lowest BCUT2D eigenvalue weighted by Gasteiger charge is -2.46. The summed E-state index contributed by atoms with van der Waals surface area (Å²) in [6.07, 6.45) is -0.697. The molecule has 7 heteroatoms. The van der Waals surface area contributed by atoms with Crippen molar-refractivity contribution in [3.63, 3.8) is 0 Å². The Morgan fingerprint density at radius 3 is 2.21 bits per heavy atom. The second-order valence-electron chi connectivity index (χ2n) is 7.98. The summed E-state index contributed by atoms with van der Waals surface area (Å²) in [5, 5.41) is 12.0. The van der Waals surface area contributed by atoms with E-state index in [0.717, 1.165) is 11.3 Å². The van der Waals surface area contributed by atoms with E-state index in [9.17, 15) is 14.9 Å². The fourth-order valence-corrected chi connectivity index (χ4v) is 4.58. The SMILES string of the molecule is O=C1c2ccccc2N(Cc2ccccc2)[C@H](c2cc([N+](=O)[O-])ccc2Cl)N1c1ccccc1. The van der Waals surface area contributed by atoms with Crippen LogP contribution in [0.5, 0.6) is 0 Å². The Morgan fingerprint density at radius 1 is 0.853 bits per heavy atom. The first-order chi connectivity index (χ1) is 16.5. The maximum absolute atomic E-state index is 13.9. The largest absolute Gasteiger partial charge is 0.342 e. The number of carbonyl (C=O) groups excluding carboxylic acids is 1. The number of halogens is 1. The second kappa shape index (κ2) is 9.00. The minimum absolute atomic E-state index is 0.0848. The van der Waals surface area contributed by atoms with Crippen LogP contribution in [-0.4, -0.2) is 10.8 Å². The summed E-state index contributed by atoms with van der Waals surface area (Å²) in [5.74, 6) is -0.196. The van der Waals surface area contributed by atoms with Crippen LogP contribution in [0, 0.1) is 10.1 Å². The molecule has 1 amide bonds. The summed E-state index contributed by atoms with van der Waals surface area (Å²) in [7, 11) is 0. The van der Waals surface area contributed by atoms with E-state index in [1.807, 2.05) is 78.9 Å². The first kappa shape index (κ1) is 21.7. The number of fused-ring (bicyclic) bond motifs is 1. The van der Waals surface area contributed by atoms with Gasteiger partial charge in [-0.3, -0.25) is 19.8 Å². The average Bonchev–Trinajstić information content (AvgIpc) is 2.87. The number of benzene rings is 4. The Kier molecular flexibility index (Phi) is 5.74. The molecule has 1 aliphatic heterocycles. The van der Waals surface area contributed by atoms with Crippen molar-refractivity contribution in [2.24, 2.45) is 0 Å². The highest BCUT2D eigenvalue weighted by molar-refractivity contribution is 6.31. The van der Waals surface area contributed by atoms with Crippen molar-refractivity contribution in [3.05, 3.63) is 135 Å². The van der Waals surface area contributed by atoms with Gasteiger partial charge in [0.1, 0.15) is 6.17 Å². The van der Waals surface area contributed by atoms with E-state index in [1.54, 1.807) is 11.0 Å². The number of hydrogen-bond donors (Lipinski definition) is 0. The van der Waals surface area contributed by atoms with E-state index in [1.165, 1.54) is 18.2 Å². The molecular formula is C27H20ClN3O3. The maximum atomic E-state index is 13.9. The van der Waals surface area contributed by atoms with Crippen LogP contribution >= 0.6 is 11.6 Å². The van der Waals surface area contributed by atoms with Crippen molar-refractivity contribution < 1.29 is 9.72 Å². The van der Waals surface area contributed by atoms with Gasteiger partial charge in [-0.2, -0.15) is 0 Å². The molecule has 0 spiro atoms. The topological polar surface area (TPSA) is 66.7 Å². The summed E-state index contributed by atoms with van der Waals surface area (Å²) >= 11 is 6.64. The highest BCUT2D eigenvalue weighted by Gasteiger charge is 2.40. The predicted molar refractivity (Wildman–Crippen MR) is 133 cm³/mol. The molecule has 0 aromatic heterocycles. The number of nitrogens with zero attached hydrogens (tertiary/aromatic N) is 3. The Labute approximate surface area is 201 Å². The van der Waals surface area contributed by atoms with Crippen molar-refractivity contribution in [1.29, 1.82) is 0 Å². The summed E-state index contributed by atoms with van der Waals surface area (Å²) in [6.45, 7) is 0.470. The molecule has 0 N–H and O–H groups in total. The maximum Gasteiger partial charge on any atom is 0.269 e.